The van der Waals surface area contributed by atoms with Crippen LogP contribution in [-0.4, -0.2) is 29.0 Å². The van der Waals surface area contributed by atoms with Gasteiger partial charge in [-0.3, -0.25) is 9.59 Å². The zero-order valence-corrected chi connectivity index (χ0v) is 8.00. The summed E-state index contributed by atoms with van der Waals surface area (Å²) in [4.78, 5) is 28.2. The van der Waals surface area contributed by atoms with Crippen molar-refractivity contribution in [2.45, 2.75) is 13.0 Å². The van der Waals surface area contributed by atoms with Crippen LogP contribution in [0.2, 0.25) is 0 Å². The Morgan fingerprint density at radius 1 is 1.64 bits per heavy atom. The number of amides is 1. The summed E-state index contributed by atoms with van der Waals surface area (Å²) < 4.78 is 0. The molecule has 1 aromatic rings. The number of nitrogens with one attached hydrogen (secondary N) is 3. The first kappa shape index (κ1) is 10.2. The molecule has 1 aromatic heterocycles. The maximum Gasteiger partial charge on any atom is 0.252 e. The summed E-state index contributed by atoms with van der Waals surface area (Å²) in [7, 11) is 1.55. The first-order valence-corrected chi connectivity index (χ1v) is 4.16. The number of H-pyrrole nitrogens is 1. The fourth-order valence-electron chi connectivity index (χ4n) is 0.951. The molecule has 1 amide bonds. The van der Waals surface area contributed by atoms with E-state index in [1.807, 2.05) is 0 Å². The van der Waals surface area contributed by atoms with Crippen molar-refractivity contribution in [2.24, 2.45) is 0 Å². The van der Waals surface area contributed by atoms with Crippen LogP contribution < -0.4 is 16.2 Å². The number of carbonyl (C=O) groups excluding carboxylic acids is 1. The van der Waals surface area contributed by atoms with Crippen LogP contribution in [0.3, 0.4) is 0 Å². The molecule has 0 saturated heterocycles. The highest BCUT2D eigenvalue weighted by atomic mass is 16.2. The van der Waals surface area contributed by atoms with Crippen molar-refractivity contribution in [2.75, 3.05) is 12.4 Å². The minimum Gasteiger partial charge on any atom is -0.358 e. The fourth-order valence-corrected chi connectivity index (χ4v) is 0.951. The standard InChI is InChI=1S/C8H12N4O2/c1-5(8(14)9-2)12-6-3-7(13)11-4-10-6/h3-5H,1-2H3,(H,9,14)(H2,10,11,12,13). The number of hydrogen-bond acceptors (Lipinski definition) is 4. The lowest BCUT2D eigenvalue weighted by Crippen LogP contribution is -2.35. The monoisotopic (exact) mass is 196 g/mol. The van der Waals surface area contributed by atoms with Crippen molar-refractivity contribution in [3.63, 3.8) is 0 Å². The van der Waals surface area contributed by atoms with Crippen LogP contribution in [0.15, 0.2) is 17.2 Å². The highest BCUT2D eigenvalue weighted by Crippen LogP contribution is 1.98. The number of aromatic nitrogens is 2. The van der Waals surface area contributed by atoms with Crippen molar-refractivity contribution in [1.29, 1.82) is 0 Å². The van der Waals surface area contributed by atoms with Crippen molar-refractivity contribution >= 4 is 11.7 Å². The number of hydrogen-bond donors (Lipinski definition) is 3. The quantitative estimate of drug-likeness (QED) is 0.597. The summed E-state index contributed by atoms with van der Waals surface area (Å²) >= 11 is 0. The van der Waals surface area contributed by atoms with Crippen LogP contribution in [0.25, 0.3) is 0 Å². The summed E-state index contributed by atoms with van der Waals surface area (Å²) in [6, 6.07) is 0.869. The Hall–Kier alpha value is -1.85. The lowest BCUT2D eigenvalue weighted by atomic mass is 10.3. The molecule has 0 spiro atoms. The van der Waals surface area contributed by atoms with E-state index in [-0.39, 0.29) is 11.5 Å². The molecule has 3 N–H and O–H groups in total. The summed E-state index contributed by atoms with van der Waals surface area (Å²) in [6.45, 7) is 1.68. The van der Waals surface area contributed by atoms with Crippen LogP contribution in [0.5, 0.6) is 0 Å². The third kappa shape index (κ3) is 2.58. The molecule has 1 unspecified atom stereocenters. The molecule has 0 radical (unpaired) electrons. The Morgan fingerprint density at radius 2 is 2.36 bits per heavy atom. The van der Waals surface area contributed by atoms with Gasteiger partial charge in [0.2, 0.25) is 5.91 Å². The van der Waals surface area contributed by atoms with E-state index < -0.39 is 6.04 Å². The van der Waals surface area contributed by atoms with Gasteiger partial charge in [-0.05, 0) is 6.92 Å². The van der Waals surface area contributed by atoms with Gasteiger partial charge in [-0.15, -0.1) is 0 Å². The predicted octanol–water partition coefficient (Wildman–Crippen LogP) is -0.684. The van der Waals surface area contributed by atoms with Crippen LogP contribution in [0.4, 0.5) is 5.82 Å². The zero-order chi connectivity index (χ0) is 10.6. The summed E-state index contributed by atoms with van der Waals surface area (Å²) in [5.41, 5.74) is -0.258. The van der Waals surface area contributed by atoms with Gasteiger partial charge in [0, 0.05) is 13.1 Å². The lowest BCUT2D eigenvalue weighted by Gasteiger charge is -2.11. The summed E-state index contributed by atoms with van der Waals surface area (Å²) in [5.74, 6) is 0.219. The molecule has 1 heterocycles. The number of aromatic amines is 1. The Labute approximate surface area is 80.8 Å². The predicted molar refractivity (Wildman–Crippen MR) is 52.0 cm³/mol. The van der Waals surface area contributed by atoms with Gasteiger partial charge >= 0.3 is 0 Å². The van der Waals surface area contributed by atoms with Crippen molar-refractivity contribution in [3.8, 4) is 0 Å². The lowest BCUT2D eigenvalue weighted by molar-refractivity contribution is -0.121. The Kier molecular flexibility index (Phi) is 3.22. The molecule has 0 aromatic carbocycles. The van der Waals surface area contributed by atoms with E-state index in [1.54, 1.807) is 14.0 Å². The largest absolute Gasteiger partial charge is 0.358 e. The van der Waals surface area contributed by atoms with E-state index >= 15 is 0 Å². The highest BCUT2D eigenvalue weighted by molar-refractivity contribution is 5.83. The van der Waals surface area contributed by atoms with Gasteiger partial charge in [0.15, 0.2) is 0 Å². The topological polar surface area (TPSA) is 86.9 Å². The van der Waals surface area contributed by atoms with E-state index in [2.05, 4.69) is 20.6 Å². The molecular formula is C8H12N4O2. The van der Waals surface area contributed by atoms with Crippen LogP contribution in [0.1, 0.15) is 6.92 Å². The average molecular weight is 196 g/mol. The smallest absolute Gasteiger partial charge is 0.252 e. The molecule has 0 aliphatic rings. The maximum atomic E-state index is 11.1. The Morgan fingerprint density at radius 3 is 2.93 bits per heavy atom. The van der Waals surface area contributed by atoms with Gasteiger partial charge in [-0.1, -0.05) is 0 Å². The third-order valence-electron chi connectivity index (χ3n) is 1.68. The van der Waals surface area contributed by atoms with Crippen molar-refractivity contribution < 1.29 is 4.79 Å². The van der Waals surface area contributed by atoms with E-state index in [0.717, 1.165) is 0 Å². The van der Waals surface area contributed by atoms with Gasteiger partial charge in [0.05, 0.1) is 6.33 Å². The van der Waals surface area contributed by atoms with Gasteiger partial charge in [-0.2, -0.15) is 0 Å². The minimum absolute atomic E-state index is 0.160. The van der Waals surface area contributed by atoms with E-state index in [1.165, 1.54) is 12.4 Å². The second-order valence-corrected chi connectivity index (χ2v) is 2.78. The SMILES string of the molecule is CNC(=O)C(C)Nc1cc(=O)[nH]cn1. The van der Waals surface area contributed by atoms with E-state index in [4.69, 9.17) is 0 Å². The number of rotatable bonds is 3. The minimum atomic E-state index is -0.422. The van der Waals surface area contributed by atoms with Crippen molar-refractivity contribution in [3.05, 3.63) is 22.7 Å². The number of anilines is 1. The van der Waals surface area contributed by atoms with Crippen LogP contribution in [0, 0.1) is 0 Å². The number of nitrogens with zero attached hydrogens (tertiary/aromatic N) is 1. The van der Waals surface area contributed by atoms with Crippen LogP contribution in [-0.2, 0) is 4.79 Å². The second-order valence-electron chi connectivity index (χ2n) is 2.78. The molecule has 76 valence electrons. The molecule has 6 nitrogen and oxygen atoms in total. The molecule has 1 rings (SSSR count). The second kappa shape index (κ2) is 4.40. The molecule has 6 heteroatoms. The van der Waals surface area contributed by atoms with E-state index in [9.17, 15) is 9.59 Å². The molecule has 0 fully saturated rings. The van der Waals surface area contributed by atoms with Gasteiger partial charge in [0.1, 0.15) is 11.9 Å². The molecule has 0 bridgehead atoms. The Bertz CT molecular complexity index is 374. The van der Waals surface area contributed by atoms with Crippen LogP contribution >= 0.6 is 0 Å². The fraction of sp³-hybridized carbons (Fsp3) is 0.375. The molecule has 14 heavy (non-hydrogen) atoms. The molecule has 1 atom stereocenters. The normalized spacial score (nSPS) is 11.9. The Balaban J connectivity index is 2.69. The molecule has 0 saturated carbocycles. The van der Waals surface area contributed by atoms with Gasteiger partial charge in [-0.25, -0.2) is 4.98 Å². The molecular weight excluding hydrogens is 184 g/mol. The third-order valence-corrected chi connectivity index (χ3v) is 1.68. The first-order valence-electron chi connectivity index (χ1n) is 4.16. The van der Waals surface area contributed by atoms with E-state index in [0.29, 0.717) is 5.82 Å². The average Bonchev–Trinajstić information content (AvgIpc) is 2.16. The number of carbonyl (C=O) groups is 1. The van der Waals surface area contributed by atoms with Gasteiger partial charge in [0.25, 0.3) is 5.56 Å². The first-order chi connectivity index (χ1) is 6.63. The van der Waals surface area contributed by atoms with Crippen molar-refractivity contribution in [1.82, 2.24) is 15.3 Å². The summed E-state index contributed by atoms with van der Waals surface area (Å²) in [5, 5.41) is 5.27. The highest BCUT2D eigenvalue weighted by Gasteiger charge is 2.10. The maximum absolute atomic E-state index is 11.1. The zero-order valence-electron chi connectivity index (χ0n) is 8.00. The molecule has 0 aliphatic heterocycles. The molecule has 0 aliphatic carbocycles. The summed E-state index contributed by atoms with van der Waals surface area (Å²) in [6.07, 6.45) is 1.28. The number of likely N-dealkylation sites (N-methyl/N-ethyl adjacent to an activating group) is 1. The van der Waals surface area contributed by atoms with Gasteiger partial charge < -0.3 is 15.6 Å².